The molecule has 1 rings (SSSR count). The standard InChI is InChI=1S/C5H5N.C5H9N.C2H6/c1-2-4-6-5-3-1;1-3-4-5-6-2;1-2/h1-5H;3-5H,1-2H3;1-2H3/b;4-3-,6-5?;. The fourth-order valence-corrected chi connectivity index (χ4v) is 0.485. The van der Waals surface area contributed by atoms with Gasteiger partial charge in [0.05, 0.1) is 0 Å². The van der Waals surface area contributed by atoms with E-state index in [0.717, 1.165) is 0 Å². The summed E-state index contributed by atoms with van der Waals surface area (Å²) in [7, 11) is 1.75. The van der Waals surface area contributed by atoms with Crippen molar-refractivity contribution >= 4 is 6.21 Å². The first kappa shape index (κ1) is 15.1. The zero-order valence-corrected chi connectivity index (χ0v) is 9.51. The van der Waals surface area contributed by atoms with Crippen LogP contribution in [0.2, 0.25) is 0 Å². The van der Waals surface area contributed by atoms with Crippen LogP contribution in [0.1, 0.15) is 20.8 Å². The van der Waals surface area contributed by atoms with Gasteiger partial charge in [0.15, 0.2) is 0 Å². The zero-order valence-electron chi connectivity index (χ0n) is 9.51. The molecule has 0 fully saturated rings. The van der Waals surface area contributed by atoms with Crippen molar-refractivity contribution in [3.05, 3.63) is 42.7 Å². The van der Waals surface area contributed by atoms with Gasteiger partial charge in [-0.25, -0.2) is 0 Å². The number of hydrogen-bond donors (Lipinski definition) is 0. The number of allylic oxidation sites excluding steroid dienone is 2. The average molecular weight is 192 g/mol. The monoisotopic (exact) mass is 192 g/mol. The Balaban J connectivity index is 0. The lowest BCUT2D eigenvalue weighted by atomic mass is 10.5. The molecule has 1 heterocycles. The van der Waals surface area contributed by atoms with Crippen molar-refractivity contribution < 1.29 is 0 Å². The molecule has 0 aliphatic heterocycles. The highest BCUT2D eigenvalue weighted by molar-refractivity contribution is 5.70. The van der Waals surface area contributed by atoms with Crippen LogP contribution in [0.3, 0.4) is 0 Å². The molecule has 14 heavy (non-hydrogen) atoms. The molecule has 0 aliphatic carbocycles. The Morgan fingerprint density at radius 3 is 1.79 bits per heavy atom. The molecule has 0 spiro atoms. The van der Waals surface area contributed by atoms with E-state index in [0.29, 0.717) is 0 Å². The summed E-state index contributed by atoms with van der Waals surface area (Å²) >= 11 is 0. The third kappa shape index (κ3) is 16.9. The topological polar surface area (TPSA) is 25.2 Å². The second kappa shape index (κ2) is 17.6. The molecule has 2 heteroatoms. The molecule has 1 aromatic heterocycles. The van der Waals surface area contributed by atoms with E-state index in [1.807, 2.05) is 51.1 Å². The number of nitrogens with zero attached hydrogens (tertiary/aromatic N) is 2. The Labute approximate surface area is 87.4 Å². The predicted octanol–water partition coefficient (Wildman–Crippen LogP) is 3.37. The third-order valence-electron chi connectivity index (χ3n) is 0.994. The molecule has 0 saturated heterocycles. The molecule has 0 radical (unpaired) electrons. The van der Waals surface area contributed by atoms with E-state index in [1.165, 1.54) is 0 Å². The number of aliphatic imine (C=N–C) groups is 1. The molecule has 0 N–H and O–H groups in total. The Kier molecular flexibility index (Phi) is 18.9. The highest BCUT2D eigenvalue weighted by Crippen LogP contribution is 1.73. The molecule has 78 valence electrons. The zero-order chi connectivity index (χ0) is 11.1. The van der Waals surface area contributed by atoms with Gasteiger partial charge in [-0.1, -0.05) is 26.0 Å². The molecule has 1 aromatic rings. The van der Waals surface area contributed by atoms with Crippen LogP contribution >= 0.6 is 0 Å². The SMILES string of the molecule is C/C=C\C=NC.CC.c1ccncc1. The van der Waals surface area contributed by atoms with Crippen molar-refractivity contribution in [2.75, 3.05) is 7.05 Å². The van der Waals surface area contributed by atoms with Crippen molar-refractivity contribution in [2.24, 2.45) is 4.99 Å². The van der Waals surface area contributed by atoms with Crippen molar-refractivity contribution in [1.82, 2.24) is 4.98 Å². The normalized spacial score (nSPS) is 8.86. The summed E-state index contributed by atoms with van der Waals surface area (Å²) in [4.78, 5) is 7.50. The third-order valence-corrected chi connectivity index (χ3v) is 0.994. The summed E-state index contributed by atoms with van der Waals surface area (Å²) in [5.74, 6) is 0. The minimum atomic E-state index is 1.75. The second-order valence-electron chi connectivity index (χ2n) is 1.96. The van der Waals surface area contributed by atoms with Crippen LogP contribution in [0, 0.1) is 0 Å². The summed E-state index contributed by atoms with van der Waals surface area (Å²) in [6.07, 6.45) is 9.08. The van der Waals surface area contributed by atoms with Crippen LogP contribution in [-0.4, -0.2) is 18.2 Å². The van der Waals surface area contributed by atoms with Gasteiger partial charge in [-0.05, 0) is 25.1 Å². The molecular formula is C12H20N2. The molecular weight excluding hydrogens is 172 g/mol. The number of rotatable bonds is 1. The minimum absolute atomic E-state index is 1.75. The molecule has 0 unspecified atom stereocenters. The molecule has 0 aromatic carbocycles. The van der Waals surface area contributed by atoms with Gasteiger partial charge in [0.2, 0.25) is 0 Å². The van der Waals surface area contributed by atoms with Gasteiger partial charge in [0.25, 0.3) is 0 Å². The van der Waals surface area contributed by atoms with E-state index in [9.17, 15) is 0 Å². The van der Waals surface area contributed by atoms with E-state index < -0.39 is 0 Å². The van der Waals surface area contributed by atoms with Crippen molar-refractivity contribution in [3.8, 4) is 0 Å². The summed E-state index contributed by atoms with van der Waals surface area (Å²) < 4.78 is 0. The van der Waals surface area contributed by atoms with Crippen molar-refractivity contribution in [1.29, 1.82) is 0 Å². The number of pyridine rings is 1. The van der Waals surface area contributed by atoms with E-state index in [-0.39, 0.29) is 0 Å². The van der Waals surface area contributed by atoms with Crippen LogP contribution in [0.5, 0.6) is 0 Å². The van der Waals surface area contributed by atoms with E-state index in [1.54, 1.807) is 25.7 Å². The Morgan fingerprint density at radius 1 is 1.07 bits per heavy atom. The summed E-state index contributed by atoms with van der Waals surface area (Å²) in [6, 6.07) is 5.72. The Hall–Kier alpha value is -1.44. The fourth-order valence-electron chi connectivity index (χ4n) is 0.485. The first-order valence-electron chi connectivity index (χ1n) is 4.80. The maximum absolute atomic E-state index is 3.78. The average Bonchev–Trinajstić information content (AvgIpc) is 2.32. The lowest BCUT2D eigenvalue weighted by molar-refractivity contribution is 1.33. The van der Waals surface area contributed by atoms with Gasteiger partial charge in [-0.2, -0.15) is 0 Å². The fraction of sp³-hybridized carbons (Fsp3) is 0.333. The predicted molar refractivity (Wildman–Crippen MR) is 64.8 cm³/mol. The maximum atomic E-state index is 3.78. The van der Waals surface area contributed by atoms with Crippen LogP contribution in [0.25, 0.3) is 0 Å². The van der Waals surface area contributed by atoms with E-state index in [4.69, 9.17) is 0 Å². The Bertz CT molecular complexity index is 178. The van der Waals surface area contributed by atoms with Gasteiger partial charge in [-0.15, -0.1) is 0 Å². The minimum Gasteiger partial charge on any atom is -0.297 e. The van der Waals surface area contributed by atoms with Crippen LogP contribution in [0.15, 0.2) is 47.7 Å². The van der Waals surface area contributed by atoms with Crippen LogP contribution in [0.4, 0.5) is 0 Å². The molecule has 0 atom stereocenters. The summed E-state index contributed by atoms with van der Waals surface area (Å²) in [5, 5.41) is 0. The highest BCUT2D eigenvalue weighted by Gasteiger charge is 1.58. The quantitative estimate of drug-likeness (QED) is 0.626. The Morgan fingerprint density at radius 2 is 1.64 bits per heavy atom. The van der Waals surface area contributed by atoms with E-state index in [2.05, 4.69) is 9.98 Å². The van der Waals surface area contributed by atoms with Gasteiger partial charge >= 0.3 is 0 Å². The molecule has 0 amide bonds. The van der Waals surface area contributed by atoms with Crippen LogP contribution < -0.4 is 0 Å². The van der Waals surface area contributed by atoms with Gasteiger partial charge in [0, 0.05) is 25.7 Å². The van der Waals surface area contributed by atoms with Crippen molar-refractivity contribution in [2.45, 2.75) is 20.8 Å². The summed E-state index contributed by atoms with van der Waals surface area (Å²) in [6.45, 7) is 5.96. The van der Waals surface area contributed by atoms with Gasteiger partial charge < -0.3 is 0 Å². The molecule has 0 bridgehead atoms. The van der Waals surface area contributed by atoms with Gasteiger partial charge in [-0.3, -0.25) is 9.98 Å². The first-order valence-corrected chi connectivity index (χ1v) is 4.80. The lowest BCUT2D eigenvalue weighted by Gasteiger charge is -1.70. The first-order chi connectivity index (χ1) is 6.91. The number of hydrogen-bond acceptors (Lipinski definition) is 2. The van der Waals surface area contributed by atoms with Crippen LogP contribution in [-0.2, 0) is 0 Å². The highest BCUT2D eigenvalue weighted by atomic mass is 14.6. The largest absolute Gasteiger partial charge is 0.297 e. The smallest absolute Gasteiger partial charge is 0.0277 e. The van der Waals surface area contributed by atoms with Gasteiger partial charge in [0.1, 0.15) is 0 Å². The maximum Gasteiger partial charge on any atom is 0.0277 e. The second-order valence-corrected chi connectivity index (χ2v) is 1.96. The molecule has 0 aliphatic rings. The molecule has 2 nitrogen and oxygen atoms in total. The molecule has 0 saturated carbocycles. The number of aromatic nitrogens is 1. The van der Waals surface area contributed by atoms with E-state index >= 15 is 0 Å². The van der Waals surface area contributed by atoms with Crippen molar-refractivity contribution in [3.63, 3.8) is 0 Å². The summed E-state index contributed by atoms with van der Waals surface area (Å²) in [5.41, 5.74) is 0. The lowest BCUT2D eigenvalue weighted by Crippen LogP contribution is -1.58.